The summed E-state index contributed by atoms with van der Waals surface area (Å²) in [5.74, 6) is 0. The lowest BCUT2D eigenvalue weighted by Crippen LogP contribution is -1.88. The molecule has 2 rings (SSSR count). The maximum atomic E-state index is 9.20. The van der Waals surface area contributed by atoms with Crippen molar-refractivity contribution in [1.29, 1.82) is 0 Å². The van der Waals surface area contributed by atoms with Crippen LogP contribution >= 0.6 is 11.8 Å². The highest BCUT2D eigenvalue weighted by Crippen LogP contribution is 2.29. The highest BCUT2D eigenvalue weighted by molar-refractivity contribution is 7.98. The number of thioether (sulfide) groups is 1. The molecule has 0 radical (unpaired) electrons. The van der Waals surface area contributed by atoms with Gasteiger partial charge in [-0.2, -0.15) is 0 Å². The molecule has 0 saturated carbocycles. The van der Waals surface area contributed by atoms with E-state index in [1.54, 1.807) is 11.8 Å². The van der Waals surface area contributed by atoms with Crippen LogP contribution in [0.25, 0.3) is 10.8 Å². The van der Waals surface area contributed by atoms with Crippen LogP contribution in [0.15, 0.2) is 41.3 Å². The molecule has 0 bridgehead atoms. The monoisotopic (exact) mass is 204 g/mol. The van der Waals surface area contributed by atoms with E-state index < -0.39 is 0 Å². The van der Waals surface area contributed by atoms with E-state index in [1.807, 2.05) is 24.5 Å². The van der Waals surface area contributed by atoms with Crippen LogP contribution in [0.5, 0.6) is 0 Å². The number of benzene rings is 2. The SMILES string of the molecule is CSc1c(CO)ccc2ccccc12. The fourth-order valence-electron chi connectivity index (χ4n) is 1.65. The lowest BCUT2D eigenvalue weighted by Gasteiger charge is -2.08. The first-order valence-corrected chi connectivity index (χ1v) is 5.74. The minimum Gasteiger partial charge on any atom is -0.392 e. The Labute approximate surface area is 87.8 Å². The van der Waals surface area contributed by atoms with Gasteiger partial charge in [0.2, 0.25) is 0 Å². The predicted molar refractivity (Wildman–Crippen MR) is 61.7 cm³/mol. The molecule has 1 nitrogen and oxygen atoms in total. The molecular formula is C12H12OS. The molecule has 0 aliphatic heterocycles. The van der Waals surface area contributed by atoms with Crippen molar-refractivity contribution in [3.63, 3.8) is 0 Å². The summed E-state index contributed by atoms with van der Waals surface area (Å²) in [6.07, 6.45) is 2.04. The van der Waals surface area contributed by atoms with Crippen molar-refractivity contribution < 1.29 is 5.11 Å². The van der Waals surface area contributed by atoms with Gasteiger partial charge in [0, 0.05) is 4.90 Å². The van der Waals surface area contributed by atoms with Crippen molar-refractivity contribution in [3.05, 3.63) is 42.0 Å². The Morgan fingerprint density at radius 1 is 1.14 bits per heavy atom. The normalized spacial score (nSPS) is 10.7. The van der Waals surface area contributed by atoms with E-state index in [0.29, 0.717) is 0 Å². The molecule has 0 aliphatic carbocycles. The average Bonchev–Trinajstić information content (AvgIpc) is 2.27. The van der Waals surface area contributed by atoms with Gasteiger partial charge in [-0.3, -0.25) is 0 Å². The molecule has 0 aromatic heterocycles. The molecule has 0 saturated heterocycles. The van der Waals surface area contributed by atoms with Gasteiger partial charge in [-0.15, -0.1) is 11.8 Å². The van der Waals surface area contributed by atoms with Gasteiger partial charge in [0.25, 0.3) is 0 Å². The minimum atomic E-state index is 0.112. The first-order valence-electron chi connectivity index (χ1n) is 4.52. The van der Waals surface area contributed by atoms with Gasteiger partial charge in [0.1, 0.15) is 0 Å². The molecule has 0 heterocycles. The Kier molecular flexibility index (Phi) is 2.75. The van der Waals surface area contributed by atoms with Crippen LogP contribution in [0, 0.1) is 0 Å². The van der Waals surface area contributed by atoms with Gasteiger partial charge < -0.3 is 5.11 Å². The number of aliphatic hydroxyl groups excluding tert-OH is 1. The maximum absolute atomic E-state index is 9.20. The van der Waals surface area contributed by atoms with Gasteiger partial charge >= 0.3 is 0 Å². The van der Waals surface area contributed by atoms with E-state index >= 15 is 0 Å². The second-order valence-electron chi connectivity index (χ2n) is 3.14. The van der Waals surface area contributed by atoms with Gasteiger partial charge in [0.15, 0.2) is 0 Å². The zero-order chi connectivity index (χ0) is 9.97. The van der Waals surface area contributed by atoms with Gasteiger partial charge in [-0.05, 0) is 22.6 Å². The van der Waals surface area contributed by atoms with Crippen molar-refractivity contribution in [2.75, 3.05) is 6.26 Å². The van der Waals surface area contributed by atoms with Gasteiger partial charge in [0.05, 0.1) is 6.61 Å². The molecular weight excluding hydrogens is 192 g/mol. The minimum absolute atomic E-state index is 0.112. The molecule has 2 aromatic carbocycles. The molecule has 0 fully saturated rings. The largest absolute Gasteiger partial charge is 0.392 e. The molecule has 0 unspecified atom stereocenters. The topological polar surface area (TPSA) is 20.2 Å². The second kappa shape index (κ2) is 4.03. The number of rotatable bonds is 2. The summed E-state index contributed by atoms with van der Waals surface area (Å²) >= 11 is 1.69. The van der Waals surface area contributed by atoms with Crippen molar-refractivity contribution >= 4 is 22.5 Å². The number of aliphatic hydroxyl groups is 1. The lowest BCUT2D eigenvalue weighted by molar-refractivity contribution is 0.279. The maximum Gasteiger partial charge on any atom is 0.0692 e. The third kappa shape index (κ3) is 1.51. The molecule has 0 spiro atoms. The molecule has 0 aliphatic rings. The van der Waals surface area contributed by atoms with E-state index in [-0.39, 0.29) is 6.61 Å². The van der Waals surface area contributed by atoms with Crippen LogP contribution in [0.3, 0.4) is 0 Å². The lowest BCUT2D eigenvalue weighted by atomic mass is 10.1. The van der Waals surface area contributed by atoms with Crippen LogP contribution in [-0.4, -0.2) is 11.4 Å². The van der Waals surface area contributed by atoms with E-state index in [2.05, 4.69) is 18.2 Å². The Balaban J connectivity index is 2.77. The molecule has 14 heavy (non-hydrogen) atoms. The quantitative estimate of drug-likeness (QED) is 0.759. The third-order valence-electron chi connectivity index (χ3n) is 2.34. The van der Waals surface area contributed by atoms with E-state index in [4.69, 9.17) is 0 Å². The Morgan fingerprint density at radius 3 is 2.64 bits per heavy atom. The van der Waals surface area contributed by atoms with Gasteiger partial charge in [-0.25, -0.2) is 0 Å². The van der Waals surface area contributed by atoms with Crippen LogP contribution < -0.4 is 0 Å². The summed E-state index contributed by atoms with van der Waals surface area (Å²) in [4.78, 5) is 1.19. The van der Waals surface area contributed by atoms with E-state index in [9.17, 15) is 5.11 Å². The van der Waals surface area contributed by atoms with E-state index in [1.165, 1.54) is 15.7 Å². The van der Waals surface area contributed by atoms with E-state index in [0.717, 1.165) is 5.56 Å². The Hall–Kier alpha value is -0.990. The van der Waals surface area contributed by atoms with Crippen LogP contribution in [-0.2, 0) is 6.61 Å². The first-order chi connectivity index (χ1) is 6.86. The fraction of sp³-hybridized carbons (Fsp3) is 0.167. The van der Waals surface area contributed by atoms with Crippen LogP contribution in [0.2, 0.25) is 0 Å². The summed E-state index contributed by atoms with van der Waals surface area (Å²) in [6, 6.07) is 12.3. The van der Waals surface area contributed by atoms with Crippen molar-refractivity contribution in [3.8, 4) is 0 Å². The second-order valence-corrected chi connectivity index (χ2v) is 3.95. The predicted octanol–water partition coefficient (Wildman–Crippen LogP) is 3.05. The number of fused-ring (bicyclic) bond motifs is 1. The highest BCUT2D eigenvalue weighted by Gasteiger charge is 2.04. The smallest absolute Gasteiger partial charge is 0.0692 e. The van der Waals surface area contributed by atoms with Crippen LogP contribution in [0.4, 0.5) is 0 Å². The van der Waals surface area contributed by atoms with Gasteiger partial charge in [-0.1, -0.05) is 36.4 Å². The molecule has 2 aromatic rings. The zero-order valence-electron chi connectivity index (χ0n) is 8.03. The number of hydrogen-bond acceptors (Lipinski definition) is 2. The summed E-state index contributed by atoms with van der Waals surface area (Å²) in [6.45, 7) is 0.112. The standard InChI is InChI=1S/C12H12OS/c1-14-12-10(8-13)7-6-9-4-2-3-5-11(9)12/h2-7,13H,8H2,1H3. The summed E-state index contributed by atoms with van der Waals surface area (Å²) in [5.41, 5.74) is 1.01. The molecule has 0 amide bonds. The Bertz CT molecular complexity index is 451. The first kappa shape index (κ1) is 9.56. The average molecular weight is 204 g/mol. The molecule has 1 N–H and O–H groups in total. The highest BCUT2D eigenvalue weighted by atomic mass is 32.2. The molecule has 2 heteroatoms. The van der Waals surface area contributed by atoms with Crippen molar-refractivity contribution in [1.82, 2.24) is 0 Å². The third-order valence-corrected chi connectivity index (χ3v) is 3.23. The fourth-order valence-corrected chi connectivity index (χ4v) is 2.45. The molecule has 0 atom stereocenters. The Morgan fingerprint density at radius 2 is 1.93 bits per heavy atom. The summed E-state index contributed by atoms with van der Waals surface area (Å²) in [7, 11) is 0. The summed E-state index contributed by atoms with van der Waals surface area (Å²) < 4.78 is 0. The molecule has 72 valence electrons. The summed E-state index contributed by atoms with van der Waals surface area (Å²) in [5, 5.41) is 11.7. The zero-order valence-corrected chi connectivity index (χ0v) is 8.84. The van der Waals surface area contributed by atoms with Crippen molar-refractivity contribution in [2.24, 2.45) is 0 Å². The van der Waals surface area contributed by atoms with Crippen molar-refractivity contribution in [2.45, 2.75) is 11.5 Å². The van der Waals surface area contributed by atoms with Crippen LogP contribution in [0.1, 0.15) is 5.56 Å². The number of hydrogen-bond donors (Lipinski definition) is 1.